The zero-order valence-electron chi connectivity index (χ0n) is 13.1. The molecular formula is C17H18FN5S. The molecule has 4 N–H and O–H groups in total. The quantitative estimate of drug-likeness (QED) is 0.714. The Morgan fingerprint density at radius 1 is 1.25 bits per heavy atom. The summed E-state index contributed by atoms with van der Waals surface area (Å²) in [4.78, 5) is 15.2. The van der Waals surface area contributed by atoms with E-state index in [0.29, 0.717) is 17.9 Å². The van der Waals surface area contributed by atoms with Gasteiger partial charge in [0.05, 0.1) is 11.7 Å². The second kappa shape index (κ2) is 6.16. The van der Waals surface area contributed by atoms with Crippen molar-refractivity contribution in [1.29, 1.82) is 0 Å². The van der Waals surface area contributed by atoms with E-state index in [1.165, 1.54) is 35.5 Å². The van der Waals surface area contributed by atoms with Gasteiger partial charge in [-0.25, -0.2) is 15.0 Å². The van der Waals surface area contributed by atoms with Crippen LogP contribution in [0.3, 0.4) is 0 Å². The third-order valence-corrected chi connectivity index (χ3v) is 5.62. The summed E-state index contributed by atoms with van der Waals surface area (Å²) in [6, 6.07) is 2.68. The Balaban J connectivity index is 1.97. The normalized spacial score (nSPS) is 15.5. The van der Waals surface area contributed by atoms with Crippen LogP contribution in [0.15, 0.2) is 18.3 Å². The predicted molar refractivity (Wildman–Crippen MR) is 93.2 cm³/mol. The molecule has 0 radical (unpaired) electrons. The van der Waals surface area contributed by atoms with Crippen LogP contribution in [-0.4, -0.2) is 21.5 Å². The molecule has 1 atom stereocenters. The number of hydrogen-bond donors (Lipinski definition) is 2. The number of rotatable bonds is 3. The van der Waals surface area contributed by atoms with Gasteiger partial charge in [-0.05, 0) is 37.3 Å². The van der Waals surface area contributed by atoms with Crippen molar-refractivity contribution in [2.24, 2.45) is 11.5 Å². The molecule has 7 heteroatoms. The average Bonchev–Trinajstić information content (AvgIpc) is 2.98. The number of aromatic nitrogens is 3. The lowest BCUT2D eigenvalue weighted by atomic mass is 9.95. The summed E-state index contributed by atoms with van der Waals surface area (Å²) < 4.78 is 13.5. The molecule has 1 aliphatic carbocycles. The molecule has 0 bridgehead atoms. The van der Waals surface area contributed by atoms with Crippen LogP contribution in [0.4, 0.5) is 4.39 Å². The molecular weight excluding hydrogens is 325 g/mol. The maximum atomic E-state index is 13.5. The van der Waals surface area contributed by atoms with E-state index in [2.05, 4.69) is 15.0 Å². The summed E-state index contributed by atoms with van der Waals surface area (Å²) in [5.74, 6) is -0.0763. The van der Waals surface area contributed by atoms with Gasteiger partial charge in [-0.3, -0.25) is 0 Å². The number of aryl methyl sites for hydroxylation is 2. The molecule has 1 aliphatic rings. The van der Waals surface area contributed by atoms with E-state index < -0.39 is 5.95 Å². The summed E-state index contributed by atoms with van der Waals surface area (Å²) in [6.45, 7) is 0.306. The number of nitrogens with zero attached hydrogens (tertiary/aromatic N) is 3. The van der Waals surface area contributed by atoms with Gasteiger partial charge in [-0.2, -0.15) is 4.39 Å². The van der Waals surface area contributed by atoms with E-state index in [-0.39, 0.29) is 6.04 Å². The molecule has 3 aromatic rings. The van der Waals surface area contributed by atoms with Crippen molar-refractivity contribution in [3.05, 3.63) is 40.4 Å². The lowest BCUT2D eigenvalue weighted by molar-refractivity contribution is 0.584. The molecule has 5 nitrogen and oxygen atoms in total. The highest BCUT2D eigenvalue weighted by atomic mass is 32.1. The third-order valence-electron chi connectivity index (χ3n) is 4.43. The van der Waals surface area contributed by atoms with Crippen molar-refractivity contribution in [2.75, 3.05) is 6.54 Å². The summed E-state index contributed by atoms with van der Waals surface area (Å²) in [7, 11) is 0. The molecule has 0 amide bonds. The van der Waals surface area contributed by atoms with E-state index in [1.54, 1.807) is 17.4 Å². The van der Waals surface area contributed by atoms with Crippen LogP contribution >= 0.6 is 11.3 Å². The Bertz CT molecular complexity index is 907. The van der Waals surface area contributed by atoms with Gasteiger partial charge in [-0.15, -0.1) is 11.3 Å². The standard InChI is InChI=1S/C17H18FN5S/c18-13-7-9(5-6-21-13)16-22-15(11(20)8-19)14-10-3-1-2-4-12(10)24-17(14)23-16/h5-7,11H,1-4,8,19-20H2. The van der Waals surface area contributed by atoms with Crippen molar-refractivity contribution in [2.45, 2.75) is 31.7 Å². The monoisotopic (exact) mass is 343 g/mol. The van der Waals surface area contributed by atoms with E-state index in [1.807, 2.05) is 0 Å². The molecule has 3 heterocycles. The van der Waals surface area contributed by atoms with Crippen molar-refractivity contribution in [3.8, 4) is 11.4 Å². The molecule has 0 saturated carbocycles. The third kappa shape index (κ3) is 2.58. The van der Waals surface area contributed by atoms with Crippen LogP contribution in [0.2, 0.25) is 0 Å². The predicted octanol–water partition coefficient (Wildman–Crippen LogP) is 2.73. The second-order valence-electron chi connectivity index (χ2n) is 6.03. The summed E-state index contributed by atoms with van der Waals surface area (Å²) in [5.41, 5.74) is 14.7. The van der Waals surface area contributed by atoms with Crippen LogP contribution in [0, 0.1) is 5.95 Å². The van der Waals surface area contributed by atoms with Gasteiger partial charge in [0.15, 0.2) is 5.82 Å². The van der Waals surface area contributed by atoms with Crippen LogP contribution in [0.25, 0.3) is 21.6 Å². The summed E-state index contributed by atoms with van der Waals surface area (Å²) >= 11 is 1.70. The summed E-state index contributed by atoms with van der Waals surface area (Å²) in [5, 5.41) is 1.06. The zero-order valence-corrected chi connectivity index (χ0v) is 13.9. The molecule has 124 valence electrons. The van der Waals surface area contributed by atoms with Gasteiger partial charge in [-0.1, -0.05) is 0 Å². The highest BCUT2D eigenvalue weighted by molar-refractivity contribution is 7.18. The molecule has 1 unspecified atom stereocenters. The molecule has 3 aromatic heterocycles. The van der Waals surface area contributed by atoms with E-state index in [4.69, 9.17) is 11.5 Å². The van der Waals surface area contributed by atoms with Crippen molar-refractivity contribution in [1.82, 2.24) is 15.0 Å². The first-order chi connectivity index (χ1) is 11.7. The first-order valence-corrected chi connectivity index (χ1v) is 8.88. The molecule has 0 aromatic carbocycles. The maximum Gasteiger partial charge on any atom is 0.213 e. The minimum Gasteiger partial charge on any atom is -0.329 e. The van der Waals surface area contributed by atoms with Gasteiger partial charge in [0.1, 0.15) is 4.83 Å². The minimum absolute atomic E-state index is 0.306. The number of hydrogen-bond acceptors (Lipinski definition) is 6. The highest BCUT2D eigenvalue weighted by Gasteiger charge is 2.23. The average molecular weight is 343 g/mol. The van der Waals surface area contributed by atoms with Crippen LogP contribution in [0.5, 0.6) is 0 Å². The zero-order chi connectivity index (χ0) is 16.7. The minimum atomic E-state index is -0.550. The Labute approximate surface area is 142 Å². The molecule has 0 aliphatic heterocycles. The Kier molecular flexibility index (Phi) is 3.99. The van der Waals surface area contributed by atoms with E-state index in [9.17, 15) is 4.39 Å². The Morgan fingerprint density at radius 2 is 2.08 bits per heavy atom. The first-order valence-electron chi connectivity index (χ1n) is 8.07. The smallest absolute Gasteiger partial charge is 0.213 e. The van der Waals surface area contributed by atoms with Gasteiger partial charge in [0, 0.05) is 34.6 Å². The van der Waals surface area contributed by atoms with Gasteiger partial charge < -0.3 is 11.5 Å². The summed E-state index contributed by atoms with van der Waals surface area (Å²) in [6.07, 6.45) is 5.90. The molecule has 0 saturated heterocycles. The highest BCUT2D eigenvalue weighted by Crippen LogP contribution is 2.38. The maximum absolute atomic E-state index is 13.5. The Hall–Kier alpha value is -1.96. The lowest BCUT2D eigenvalue weighted by Crippen LogP contribution is -2.23. The van der Waals surface area contributed by atoms with E-state index >= 15 is 0 Å². The number of thiophene rings is 1. The lowest BCUT2D eigenvalue weighted by Gasteiger charge is -2.15. The molecule has 24 heavy (non-hydrogen) atoms. The van der Waals surface area contributed by atoms with Crippen LogP contribution in [-0.2, 0) is 12.8 Å². The number of pyridine rings is 1. The first kappa shape index (κ1) is 15.6. The SMILES string of the molecule is NCC(N)c1nc(-c2ccnc(F)c2)nc2sc3c(c12)CCCC3. The topological polar surface area (TPSA) is 90.7 Å². The van der Waals surface area contributed by atoms with Gasteiger partial charge in [0.2, 0.25) is 5.95 Å². The molecule has 0 spiro atoms. The van der Waals surface area contributed by atoms with Crippen LogP contribution in [0.1, 0.15) is 35.0 Å². The second-order valence-corrected chi connectivity index (χ2v) is 7.12. The Morgan fingerprint density at radius 3 is 2.88 bits per heavy atom. The molecule has 4 rings (SSSR count). The number of nitrogens with two attached hydrogens (primary N) is 2. The van der Waals surface area contributed by atoms with Crippen molar-refractivity contribution < 1.29 is 4.39 Å². The fraction of sp³-hybridized carbons (Fsp3) is 0.353. The molecule has 0 fully saturated rings. The van der Waals surface area contributed by atoms with Crippen molar-refractivity contribution in [3.63, 3.8) is 0 Å². The fourth-order valence-electron chi connectivity index (χ4n) is 3.24. The fourth-order valence-corrected chi connectivity index (χ4v) is 4.51. The largest absolute Gasteiger partial charge is 0.329 e. The number of halogens is 1. The van der Waals surface area contributed by atoms with E-state index in [0.717, 1.165) is 28.8 Å². The van der Waals surface area contributed by atoms with Crippen molar-refractivity contribution >= 4 is 21.6 Å². The van der Waals surface area contributed by atoms with Gasteiger partial charge in [0.25, 0.3) is 0 Å². The van der Waals surface area contributed by atoms with Gasteiger partial charge >= 0.3 is 0 Å². The number of fused-ring (bicyclic) bond motifs is 3. The van der Waals surface area contributed by atoms with Crippen LogP contribution < -0.4 is 11.5 Å².